The first-order valence-electron chi connectivity index (χ1n) is 11.4. The van der Waals surface area contributed by atoms with Crippen LogP contribution in [-0.2, 0) is 11.4 Å². The molecule has 0 aliphatic carbocycles. The summed E-state index contributed by atoms with van der Waals surface area (Å²) in [5, 5.41) is 0.512. The van der Waals surface area contributed by atoms with Crippen LogP contribution in [0, 0.1) is 6.92 Å². The standard InChI is InChI=1S/C30H24ClNO2S/c1-21-7-15-26(16-8-21)32-29(33)28(35-30(32)24-11-13-25(31)14-12-24)19-22-9-17-27(18-10-22)34-20-23-5-3-2-4-6-23/h2-19,30H,20H2,1H3/b28-19+/t30-/m1/s1. The van der Waals surface area contributed by atoms with Crippen LogP contribution in [-0.4, -0.2) is 5.91 Å². The minimum Gasteiger partial charge on any atom is -0.489 e. The maximum atomic E-state index is 13.6. The summed E-state index contributed by atoms with van der Waals surface area (Å²) in [6.45, 7) is 2.56. The number of benzene rings is 4. The zero-order chi connectivity index (χ0) is 24.2. The van der Waals surface area contributed by atoms with Gasteiger partial charge in [0.1, 0.15) is 17.7 Å². The quantitative estimate of drug-likeness (QED) is 0.252. The van der Waals surface area contributed by atoms with Gasteiger partial charge in [0, 0.05) is 10.7 Å². The number of amides is 1. The molecule has 35 heavy (non-hydrogen) atoms. The third-order valence-corrected chi connectivity index (χ3v) is 7.30. The van der Waals surface area contributed by atoms with Gasteiger partial charge in [0.2, 0.25) is 0 Å². The van der Waals surface area contributed by atoms with Gasteiger partial charge in [0.15, 0.2) is 0 Å². The van der Waals surface area contributed by atoms with Crippen molar-refractivity contribution in [1.29, 1.82) is 0 Å². The highest BCUT2D eigenvalue weighted by Gasteiger charge is 2.38. The molecule has 0 saturated carbocycles. The van der Waals surface area contributed by atoms with Crippen LogP contribution >= 0.6 is 23.4 Å². The summed E-state index contributed by atoms with van der Waals surface area (Å²) in [4.78, 5) is 16.1. The van der Waals surface area contributed by atoms with Crippen molar-refractivity contribution in [3.05, 3.63) is 135 Å². The minimum atomic E-state index is -0.165. The summed E-state index contributed by atoms with van der Waals surface area (Å²) in [7, 11) is 0. The Labute approximate surface area is 215 Å². The van der Waals surface area contributed by atoms with E-state index in [4.69, 9.17) is 16.3 Å². The van der Waals surface area contributed by atoms with Gasteiger partial charge in [-0.3, -0.25) is 9.69 Å². The molecule has 5 heteroatoms. The Kier molecular flexibility index (Phi) is 6.94. The van der Waals surface area contributed by atoms with Crippen LogP contribution in [0.2, 0.25) is 5.02 Å². The molecule has 4 aromatic carbocycles. The van der Waals surface area contributed by atoms with E-state index in [1.165, 1.54) is 0 Å². The Morgan fingerprint density at radius 3 is 2.26 bits per heavy atom. The van der Waals surface area contributed by atoms with Crippen LogP contribution in [0.3, 0.4) is 0 Å². The molecule has 0 N–H and O–H groups in total. The lowest BCUT2D eigenvalue weighted by atomic mass is 10.1. The fraction of sp³-hybridized carbons (Fsp3) is 0.100. The van der Waals surface area contributed by atoms with Crippen molar-refractivity contribution in [3.8, 4) is 5.75 Å². The van der Waals surface area contributed by atoms with E-state index in [2.05, 4.69) is 0 Å². The number of anilines is 1. The molecule has 174 valence electrons. The molecular weight excluding hydrogens is 474 g/mol. The summed E-state index contributed by atoms with van der Waals surface area (Å²) < 4.78 is 5.90. The summed E-state index contributed by atoms with van der Waals surface area (Å²) in [6, 6.07) is 33.7. The lowest BCUT2D eigenvalue weighted by Crippen LogP contribution is -2.27. The molecule has 0 aromatic heterocycles. The van der Waals surface area contributed by atoms with Crippen molar-refractivity contribution in [3.63, 3.8) is 0 Å². The van der Waals surface area contributed by atoms with Crippen LogP contribution in [0.15, 0.2) is 108 Å². The van der Waals surface area contributed by atoms with Crippen molar-refractivity contribution in [2.24, 2.45) is 0 Å². The highest BCUT2D eigenvalue weighted by atomic mass is 35.5. The van der Waals surface area contributed by atoms with E-state index in [9.17, 15) is 4.79 Å². The molecule has 1 atom stereocenters. The van der Waals surface area contributed by atoms with Gasteiger partial charge in [-0.15, -0.1) is 0 Å². The Bertz CT molecular complexity index is 1330. The van der Waals surface area contributed by atoms with E-state index < -0.39 is 0 Å². The fourth-order valence-corrected chi connectivity index (χ4v) is 5.29. The zero-order valence-electron chi connectivity index (χ0n) is 19.2. The first kappa shape index (κ1) is 23.3. The van der Waals surface area contributed by atoms with Gasteiger partial charge >= 0.3 is 0 Å². The van der Waals surface area contributed by atoms with Crippen molar-refractivity contribution in [1.82, 2.24) is 0 Å². The first-order valence-corrected chi connectivity index (χ1v) is 12.6. The molecule has 0 unspecified atom stereocenters. The average molecular weight is 498 g/mol. The summed E-state index contributed by atoms with van der Waals surface area (Å²) >= 11 is 7.67. The lowest BCUT2D eigenvalue weighted by molar-refractivity contribution is -0.114. The number of hydrogen-bond acceptors (Lipinski definition) is 3. The van der Waals surface area contributed by atoms with E-state index in [0.717, 1.165) is 33.7 Å². The average Bonchev–Trinajstić information content (AvgIpc) is 3.21. The molecule has 1 aliphatic heterocycles. The molecule has 4 aromatic rings. The van der Waals surface area contributed by atoms with Gasteiger partial charge in [-0.05, 0) is 66.1 Å². The zero-order valence-corrected chi connectivity index (χ0v) is 20.8. The molecule has 1 heterocycles. The molecule has 5 rings (SSSR count). The van der Waals surface area contributed by atoms with Crippen LogP contribution in [0.4, 0.5) is 5.69 Å². The largest absolute Gasteiger partial charge is 0.489 e. The van der Waals surface area contributed by atoms with E-state index >= 15 is 0 Å². The van der Waals surface area contributed by atoms with Gasteiger partial charge in [-0.2, -0.15) is 0 Å². The van der Waals surface area contributed by atoms with Gasteiger partial charge in [-0.25, -0.2) is 0 Å². The number of ether oxygens (including phenoxy) is 1. The molecule has 0 radical (unpaired) electrons. The SMILES string of the molecule is Cc1ccc(N2C(=O)/C(=C\c3ccc(OCc4ccccc4)cc3)S[C@@H]2c2ccc(Cl)cc2)cc1. The molecule has 3 nitrogen and oxygen atoms in total. The highest BCUT2D eigenvalue weighted by molar-refractivity contribution is 8.05. The van der Waals surface area contributed by atoms with Crippen LogP contribution < -0.4 is 9.64 Å². The lowest BCUT2D eigenvalue weighted by Gasteiger charge is -2.24. The number of rotatable bonds is 6. The Morgan fingerprint density at radius 1 is 0.886 bits per heavy atom. The highest BCUT2D eigenvalue weighted by Crippen LogP contribution is 2.48. The number of aryl methyl sites for hydroxylation is 1. The number of carbonyl (C=O) groups excluding carboxylic acids is 1. The van der Waals surface area contributed by atoms with E-state index in [0.29, 0.717) is 16.5 Å². The minimum absolute atomic E-state index is 0.0109. The molecule has 1 aliphatic rings. The number of nitrogens with zero attached hydrogens (tertiary/aromatic N) is 1. The molecule has 1 amide bonds. The monoisotopic (exact) mass is 497 g/mol. The Morgan fingerprint density at radius 2 is 1.57 bits per heavy atom. The van der Waals surface area contributed by atoms with Gasteiger partial charge in [-0.1, -0.05) is 95.7 Å². The summed E-state index contributed by atoms with van der Waals surface area (Å²) in [6.07, 6.45) is 1.95. The Balaban J connectivity index is 1.38. The maximum Gasteiger partial charge on any atom is 0.266 e. The normalized spacial score (nSPS) is 16.6. The second-order valence-electron chi connectivity index (χ2n) is 8.38. The fourth-order valence-electron chi connectivity index (χ4n) is 3.90. The second-order valence-corrected chi connectivity index (χ2v) is 9.94. The molecule has 1 saturated heterocycles. The summed E-state index contributed by atoms with van der Waals surface area (Å²) in [5.74, 6) is 0.782. The van der Waals surface area contributed by atoms with Gasteiger partial charge in [0.05, 0.1) is 4.91 Å². The predicted molar refractivity (Wildman–Crippen MR) is 146 cm³/mol. The molecule has 1 fully saturated rings. The van der Waals surface area contributed by atoms with E-state index in [-0.39, 0.29) is 11.3 Å². The van der Waals surface area contributed by atoms with Gasteiger partial charge in [0.25, 0.3) is 5.91 Å². The smallest absolute Gasteiger partial charge is 0.266 e. The summed E-state index contributed by atoms with van der Waals surface area (Å²) in [5.41, 5.74) is 5.13. The number of halogens is 1. The van der Waals surface area contributed by atoms with Crippen LogP contribution in [0.5, 0.6) is 5.75 Å². The molecule has 0 spiro atoms. The third kappa shape index (κ3) is 5.45. The topological polar surface area (TPSA) is 29.5 Å². The number of hydrogen-bond donors (Lipinski definition) is 0. The first-order chi connectivity index (χ1) is 17.1. The van der Waals surface area contributed by atoms with E-state index in [1.54, 1.807) is 11.8 Å². The van der Waals surface area contributed by atoms with Crippen molar-refractivity contribution in [2.45, 2.75) is 18.9 Å². The number of carbonyl (C=O) groups is 1. The predicted octanol–water partition coefficient (Wildman–Crippen LogP) is 8.05. The third-order valence-electron chi connectivity index (χ3n) is 5.80. The van der Waals surface area contributed by atoms with Crippen LogP contribution in [0.1, 0.15) is 27.6 Å². The Hall–Kier alpha value is -3.47. The van der Waals surface area contributed by atoms with Crippen LogP contribution in [0.25, 0.3) is 6.08 Å². The molecular formula is C30H24ClNO2S. The van der Waals surface area contributed by atoms with Crippen molar-refractivity contribution in [2.75, 3.05) is 4.90 Å². The van der Waals surface area contributed by atoms with Crippen molar-refractivity contribution < 1.29 is 9.53 Å². The second kappa shape index (κ2) is 10.4. The van der Waals surface area contributed by atoms with E-state index in [1.807, 2.05) is 121 Å². The number of thioether (sulfide) groups is 1. The van der Waals surface area contributed by atoms with Gasteiger partial charge < -0.3 is 4.74 Å². The molecule has 0 bridgehead atoms. The van der Waals surface area contributed by atoms with Crippen molar-refractivity contribution >= 4 is 41.0 Å². The maximum absolute atomic E-state index is 13.6.